The van der Waals surface area contributed by atoms with Gasteiger partial charge in [0, 0.05) is 29.2 Å². The number of aromatic amines is 1. The van der Waals surface area contributed by atoms with E-state index in [1.807, 2.05) is 24.3 Å². The number of fused-ring (bicyclic) bond motifs is 1. The topological polar surface area (TPSA) is 70.2 Å². The largest absolute Gasteiger partial charge is 0.376 e. The molecule has 2 aliphatic heterocycles. The van der Waals surface area contributed by atoms with E-state index in [0.717, 1.165) is 35.8 Å². The number of aromatic nitrogens is 2. The maximum Gasteiger partial charge on any atom is 0.272 e. The van der Waals surface area contributed by atoms with Crippen LogP contribution in [-0.4, -0.2) is 47.2 Å². The van der Waals surface area contributed by atoms with Crippen molar-refractivity contribution in [2.45, 2.75) is 31.9 Å². The molecule has 4 rings (SSSR count). The van der Waals surface area contributed by atoms with Crippen LogP contribution in [0, 0.1) is 0 Å². The zero-order valence-electron chi connectivity index (χ0n) is 14.6. The molecule has 1 aromatic carbocycles. The molecule has 3 heterocycles. The number of nitrogens with zero attached hydrogens (tertiary/aromatic N) is 2. The van der Waals surface area contributed by atoms with Crippen LogP contribution in [0.1, 0.15) is 46.2 Å². The minimum atomic E-state index is -0.147. The second kappa shape index (κ2) is 7.78. The van der Waals surface area contributed by atoms with E-state index in [-0.39, 0.29) is 11.9 Å². The van der Waals surface area contributed by atoms with Crippen molar-refractivity contribution in [2.24, 2.45) is 0 Å². The van der Waals surface area contributed by atoms with Crippen LogP contribution in [0.2, 0.25) is 5.02 Å². The van der Waals surface area contributed by atoms with Crippen molar-refractivity contribution in [1.82, 2.24) is 20.4 Å². The van der Waals surface area contributed by atoms with E-state index in [9.17, 15) is 4.79 Å². The van der Waals surface area contributed by atoms with Gasteiger partial charge in [-0.05, 0) is 43.6 Å². The Balaban J connectivity index is 1.48. The number of carbonyl (C=O) groups is 1. The van der Waals surface area contributed by atoms with Crippen molar-refractivity contribution in [3.63, 3.8) is 0 Å². The number of hydrogen-bond acceptors (Lipinski definition) is 4. The Hall–Kier alpha value is -1.89. The number of benzene rings is 1. The SMILES string of the molecule is O=C(NC[C@@H](c1ccc(Cl)cc1)N1CCCC1)c1n[nH]c2c1COCC2. The normalized spacial score (nSPS) is 18.5. The van der Waals surface area contributed by atoms with Crippen molar-refractivity contribution in [3.8, 4) is 0 Å². The summed E-state index contributed by atoms with van der Waals surface area (Å²) >= 11 is 6.03. The molecule has 0 radical (unpaired) electrons. The molecule has 1 saturated heterocycles. The number of likely N-dealkylation sites (tertiary alicyclic amines) is 1. The van der Waals surface area contributed by atoms with Gasteiger partial charge in [-0.15, -0.1) is 0 Å². The summed E-state index contributed by atoms with van der Waals surface area (Å²) in [7, 11) is 0. The molecule has 1 fully saturated rings. The molecule has 1 aromatic heterocycles. The number of nitrogens with one attached hydrogen (secondary N) is 2. The molecule has 0 aliphatic carbocycles. The molecule has 0 saturated carbocycles. The number of carbonyl (C=O) groups excluding carboxylic acids is 1. The van der Waals surface area contributed by atoms with Crippen LogP contribution >= 0.6 is 11.6 Å². The molecule has 2 aliphatic rings. The van der Waals surface area contributed by atoms with Crippen molar-refractivity contribution in [1.29, 1.82) is 0 Å². The fraction of sp³-hybridized carbons (Fsp3) is 0.474. The third-order valence-electron chi connectivity index (χ3n) is 5.20. The summed E-state index contributed by atoms with van der Waals surface area (Å²) in [6.07, 6.45) is 3.17. The molecule has 0 bridgehead atoms. The predicted octanol–water partition coefficient (Wildman–Crippen LogP) is 2.70. The van der Waals surface area contributed by atoms with E-state index < -0.39 is 0 Å². The van der Waals surface area contributed by atoms with Crippen molar-refractivity contribution >= 4 is 17.5 Å². The number of ether oxygens (including phenoxy) is 1. The first kappa shape index (κ1) is 17.5. The number of halogens is 1. The maximum absolute atomic E-state index is 12.7. The Bertz CT molecular complexity index is 768. The molecule has 1 atom stereocenters. The zero-order valence-corrected chi connectivity index (χ0v) is 15.4. The summed E-state index contributed by atoms with van der Waals surface area (Å²) in [5.74, 6) is -0.147. The van der Waals surface area contributed by atoms with E-state index in [1.165, 1.54) is 18.4 Å². The third kappa shape index (κ3) is 3.63. The summed E-state index contributed by atoms with van der Waals surface area (Å²) in [4.78, 5) is 15.1. The van der Waals surface area contributed by atoms with Gasteiger partial charge in [-0.2, -0.15) is 5.10 Å². The van der Waals surface area contributed by atoms with Gasteiger partial charge in [0.1, 0.15) is 0 Å². The molecule has 2 N–H and O–H groups in total. The first-order valence-corrected chi connectivity index (χ1v) is 9.52. The van der Waals surface area contributed by atoms with Gasteiger partial charge in [0.25, 0.3) is 5.91 Å². The van der Waals surface area contributed by atoms with E-state index >= 15 is 0 Å². The lowest BCUT2D eigenvalue weighted by molar-refractivity contribution is 0.0911. The first-order valence-electron chi connectivity index (χ1n) is 9.14. The van der Waals surface area contributed by atoms with Crippen LogP contribution in [0.25, 0.3) is 0 Å². The maximum atomic E-state index is 12.7. The van der Waals surface area contributed by atoms with Crippen molar-refractivity contribution < 1.29 is 9.53 Å². The van der Waals surface area contributed by atoms with Crippen molar-refractivity contribution in [3.05, 3.63) is 51.8 Å². The highest BCUT2D eigenvalue weighted by molar-refractivity contribution is 6.30. The highest BCUT2D eigenvalue weighted by Crippen LogP contribution is 2.26. The zero-order chi connectivity index (χ0) is 17.9. The van der Waals surface area contributed by atoms with E-state index in [0.29, 0.717) is 25.5 Å². The predicted molar refractivity (Wildman–Crippen MR) is 99.3 cm³/mol. The van der Waals surface area contributed by atoms with Gasteiger partial charge in [0.15, 0.2) is 5.69 Å². The molecule has 0 spiro atoms. The molecule has 138 valence electrons. The van der Waals surface area contributed by atoms with Gasteiger partial charge in [0.2, 0.25) is 0 Å². The first-order chi connectivity index (χ1) is 12.7. The average Bonchev–Trinajstić information content (AvgIpc) is 3.33. The minimum Gasteiger partial charge on any atom is -0.376 e. The summed E-state index contributed by atoms with van der Waals surface area (Å²) in [5, 5.41) is 11.0. The Kier molecular flexibility index (Phi) is 5.24. The number of rotatable bonds is 5. The van der Waals surface area contributed by atoms with Crippen LogP contribution in [0.4, 0.5) is 0 Å². The Morgan fingerprint density at radius 1 is 1.31 bits per heavy atom. The molecule has 7 heteroatoms. The highest BCUT2D eigenvalue weighted by Gasteiger charge is 2.26. The minimum absolute atomic E-state index is 0.143. The smallest absolute Gasteiger partial charge is 0.272 e. The van der Waals surface area contributed by atoms with E-state index in [1.54, 1.807) is 0 Å². The molecule has 2 aromatic rings. The van der Waals surface area contributed by atoms with Gasteiger partial charge in [-0.25, -0.2) is 0 Å². The fourth-order valence-electron chi connectivity index (χ4n) is 3.77. The second-order valence-electron chi connectivity index (χ2n) is 6.85. The van der Waals surface area contributed by atoms with Gasteiger partial charge in [-0.1, -0.05) is 23.7 Å². The monoisotopic (exact) mass is 374 g/mol. The Morgan fingerprint density at radius 3 is 2.85 bits per heavy atom. The van der Waals surface area contributed by atoms with Gasteiger partial charge < -0.3 is 10.1 Å². The van der Waals surface area contributed by atoms with Gasteiger partial charge in [0.05, 0.1) is 19.3 Å². The summed E-state index contributed by atoms with van der Waals surface area (Å²) in [6, 6.07) is 8.04. The lowest BCUT2D eigenvalue weighted by atomic mass is 10.1. The molecule has 6 nitrogen and oxygen atoms in total. The molecule has 26 heavy (non-hydrogen) atoms. The Morgan fingerprint density at radius 2 is 2.08 bits per heavy atom. The van der Waals surface area contributed by atoms with Crippen LogP contribution in [0.3, 0.4) is 0 Å². The lowest BCUT2D eigenvalue weighted by Crippen LogP contribution is -2.37. The summed E-state index contributed by atoms with van der Waals surface area (Å²) in [6.45, 7) is 3.76. The molecule has 1 amide bonds. The van der Waals surface area contributed by atoms with E-state index in [4.69, 9.17) is 16.3 Å². The average molecular weight is 375 g/mol. The lowest BCUT2D eigenvalue weighted by Gasteiger charge is -2.28. The van der Waals surface area contributed by atoms with Crippen LogP contribution in [0.5, 0.6) is 0 Å². The number of amides is 1. The van der Waals surface area contributed by atoms with Gasteiger partial charge in [-0.3, -0.25) is 14.8 Å². The van der Waals surface area contributed by atoms with Crippen LogP contribution in [-0.2, 0) is 17.8 Å². The van der Waals surface area contributed by atoms with Gasteiger partial charge >= 0.3 is 0 Å². The van der Waals surface area contributed by atoms with Crippen LogP contribution in [0.15, 0.2) is 24.3 Å². The summed E-state index contributed by atoms with van der Waals surface area (Å²) < 4.78 is 5.47. The van der Waals surface area contributed by atoms with Crippen LogP contribution < -0.4 is 5.32 Å². The third-order valence-corrected chi connectivity index (χ3v) is 5.45. The Labute approximate surface area is 157 Å². The number of H-pyrrole nitrogens is 1. The fourth-order valence-corrected chi connectivity index (χ4v) is 3.89. The highest BCUT2D eigenvalue weighted by atomic mass is 35.5. The summed E-state index contributed by atoms with van der Waals surface area (Å²) in [5.41, 5.74) is 3.52. The molecular formula is C19H23ClN4O2. The quantitative estimate of drug-likeness (QED) is 0.844. The standard InChI is InChI=1S/C19H23ClN4O2/c20-14-5-3-13(4-6-14)17(24-8-1-2-9-24)11-21-19(25)18-15-12-26-10-7-16(15)22-23-18/h3-6,17H,1-2,7-12H2,(H,21,25)(H,22,23)/t17-/m0/s1. The molecule has 0 unspecified atom stereocenters. The second-order valence-corrected chi connectivity index (χ2v) is 7.29. The van der Waals surface area contributed by atoms with Crippen molar-refractivity contribution in [2.75, 3.05) is 26.2 Å². The van der Waals surface area contributed by atoms with E-state index in [2.05, 4.69) is 20.4 Å². The molecular weight excluding hydrogens is 352 g/mol. The number of hydrogen-bond donors (Lipinski definition) is 2.